The first-order chi connectivity index (χ1) is 10.8. The van der Waals surface area contributed by atoms with Gasteiger partial charge < -0.3 is 9.30 Å². The molecule has 0 aliphatic carbocycles. The monoisotopic (exact) mass is 298 g/mol. The van der Waals surface area contributed by atoms with Crippen molar-refractivity contribution in [2.24, 2.45) is 0 Å². The van der Waals surface area contributed by atoms with Gasteiger partial charge in [-0.2, -0.15) is 0 Å². The van der Waals surface area contributed by atoms with Gasteiger partial charge in [0.15, 0.2) is 5.78 Å². The third kappa shape index (κ3) is 5.66. The molecule has 2 aromatic rings. The average Bonchev–Trinajstić information content (AvgIpc) is 3.04. The Balaban J connectivity index is 1.80. The summed E-state index contributed by atoms with van der Waals surface area (Å²) in [6.07, 6.45) is 10.3. The van der Waals surface area contributed by atoms with Crippen LogP contribution in [0.25, 0.3) is 6.08 Å². The van der Waals surface area contributed by atoms with Crippen LogP contribution in [-0.2, 0) is 16.1 Å². The number of hydrogen-bond donors (Lipinski definition) is 0. The van der Waals surface area contributed by atoms with Crippen LogP contribution in [0.3, 0.4) is 0 Å². The highest BCUT2D eigenvalue weighted by atomic mass is 16.5. The smallest absolute Gasteiger partial charge is 0.155 e. The second-order valence-electron chi connectivity index (χ2n) is 5.08. The normalized spacial score (nSPS) is 11.1. The number of benzene rings is 1. The largest absolute Gasteiger partial charge is 0.382 e. The highest BCUT2D eigenvalue weighted by Gasteiger charge is 1.98. The van der Waals surface area contributed by atoms with Gasteiger partial charge in [-0.3, -0.25) is 4.79 Å². The molecule has 0 fully saturated rings. The first-order valence-electron chi connectivity index (χ1n) is 7.61. The lowest BCUT2D eigenvalue weighted by atomic mass is 10.1. The van der Waals surface area contributed by atoms with Crippen LogP contribution in [0.2, 0.25) is 0 Å². The molecular formula is C18H22N2O2. The molecule has 0 spiro atoms. The van der Waals surface area contributed by atoms with E-state index < -0.39 is 0 Å². The lowest BCUT2D eigenvalue weighted by Gasteiger charge is -2.03. The Kier molecular flexibility index (Phi) is 6.58. The molecule has 4 nitrogen and oxygen atoms in total. The van der Waals surface area contributed by atoms with E-state index in [1.807, 2.05) is 35.9 Å². The molecular weight excluding hydrogens is 276 g/mol. The Morgan fingerprint density at radius 1 is 1.32 bits per heavy atom. The van der Waals surface area contributed by atoms with Crippen LogP contribution >= 0.6 is 0 Å². The number of aromatic nitrogens is 2. The van der Waals surface area contributed by atoms with E-state index in [2.05, 4.69) is 17.1 Å². The maximum Gasteiger partial charge on any atom is 0.155 e. The van der Waals surface area contributed by atoms with Gasteiger partial charge in [-0.05, 0) is 30.5 Å². The van der Waals surface area contributed by atoms with E-state index in [0.717, 1.165) is 18.5 Å². The second kappa shape index (κ2) is 8.95. The molecule has 0 atom stereocenters. The lowest BCUT2D eigenvalue weighted by Crippen LogP contribution is -1.98. The standard InChI is InChI=1S/C18H22N2O2/c1-2-22-13-3-4-18(21)10-9-16-5-7-17(8-6-16)14-20-12-11-19-15-20/h5-12,15H,2-4,13-14H2,1H3. The van der Waals surface area contributed by atoms with Gasteiger partial charge in [0.05, 0.1) is 6.33 Å². The van der Waals surface area contributed by atoms with Crippen LogP contribution in [0, 0.1) is 0 Å². The summed E-state index contributed by atoms with van der Waals surface area (Å²) in [4.78, 5) is 15.7. The molecule has 0 unspecified atom stereocenters. The van der Waals surface area contributed by atoms with Gasteiger partial charge in [-0.15, -0.1) is 0 Å². The van der Waals surface area contributed by atoms with E-state index in [1.54, 1.807) is 18.6 Å². The molecule has 0 saturated heterocycles. The van der Waals surface area contributed by atoms with Crippen molar-refractivity contribution in [3.8, 4) is 0 Å². The summed E-state index contributed by atoms with van der Waals surface area (Å²) in [6.45, 7) is 4.12. The number of imidazole rings is 1. The molecule has 2 rings (SSSR count). The van der Waals surface area contributed by atoms with Gasteiger partial charge >= 0.3 is 0 Å². The molecule has 1 heterocycles. The number of rotatable bonds is 9. The van der Waals surface area contributed by atoms with Crippen LogP contribution in [0.4, 0.5) is 0 Å². The van der Waals surface area contributed by atoms with Gasteiger partial charge in [0.1, 0.15) is 0 Å². The quantitative estimate of drug-likeness (QED) is 0.527. The van der Waals surface area contributed by atoms with Gasteiger partial charge in [-0.1, -0.05) is 30.3 Å². The number of carbonyl (C=O) groups excluding carboxylic acids is 1. The number of ether oxygens (including phenoxy) is 1. The third-order valence-electron chi connectivity index (χ3n) is 3.28. The van der Waals surface area contributed by atoms with E-state index in [1.165, 1.54) is 5.56 Å². The van der Waals surface area contributed by atoms with E-state index in [9.17, 15) is 4.79 Å². The first kappa shape index (κ1) is 16.2. The van der Waals surface area contributed by atoms with Gasteiger partial charge in [0, 0.05) is 38.6 Å². The van der Waals surface area contributed by atoms with E-state index in [-0.39, 0.29) is 5.78 Å². The molecule has 0 radical (unpaired) electrons. The summed E-state index contributed by atoms with van der Waals surface area (Å²) in [5.74, 6) is 0.141. The maximum atomic E-state index is 11.7. The van der Waals surface area contributed by atoms with Crippen LogP contribution in [0.15, 0.2) is 49.1 Å². The predicted molar refractivity (Wildman–Crippen MR) is 87.5 cm³/mol. The fraction of sp³-hybridized carbons (Fsp3) is 0.333. The molecule has 1 aromatic heterocycles. The van der Waals surface area contributed by atoms with Crippen molar-refractivity contribution in [3.05, 3.63) is 60.2 Å². The Labute approximate surface area is 131 Å². The summed E-state index contributed by atoms with van der Waals surface area (Å²) in [7, 11) is 0. The topological polar surface area (TPSA) is 44.1 Å². The molecule has 4 heteroatoms. The fourth-order valence-electron chi connectivity index (χ4n) is 2.09. The number of nitrogens with zero attached hydrogens (tertiary/aromatic N) is 2. The van der Waals surface area contributed by atoms with Crippen LogP contribution in [-0.4, -0.2) is 28.5 Å². The molecule has 0 aliphatic heterocycles. The van der Waals surface area contributed by atoms with Crippen molar-refractivity contribution < 1.29 is 9.53 Å². The minimum atomic E-state index is 0.141. The zero-order chi connectivity index (χ0) is 15.6. The Morgan fingerprint density at radius 2 is 2.14 bits per heavy atom. The molecule has 22 heavy (non-hydrogen) atoms. The fourth-order valence-corrected chi connectivity index (χ4v) is 2.09. The summed E-state index contributed by atoms with van der Waals surface area (Å²) in [6, 6.07) is 8.19. The van der Waals surface area contributed by atoms with Crippen molar-refractivity contribution in [1.29, 1.82) is 0 Å². The molecule has 0 N–H and O–H groups in total. The highest BCUT2D eigenvalue weighted by Crippen LogP contribution is 2.08. The summed E-state index contributed by atoms with van der Waals surface area (Å²) >= 11 is 0. The Morgan fingerprint density at radius 3 is 2.82 bits per heavy atom. The molecule has 0 aliphatic rings. The van der Waals surface area contributed by atoms with E-state index in [0.29, 0.717) is 19.6 Å². The average molecular weight is 298 g/mol. The van der Waals surface area contributed by atoms with Gasteiger partial charge in [0.25, 0.3) is 0 Å². The predicted octanol–water partition coefficient (Wildman–Crippen LogP) is 3.33. The molecule has 1 aromatic carbocycles. The highest BCUT2D eigenvalue weighted by molar-refractivity contribution is 5.93. The molecule has 0 amide bonds. The second-order valence-corrected chi connectivity index (χ2v) is 5.08. The summed E-state index contributed by atoms with van der Waals surface area (Å²) in [5, 5.41) is 0. The van der Waals surface area contributed by atoms with Gasteiger partial charge in [0.2, 0.25) is 0 Å². The summed E-state index contributed by atoms with van der Waals surface area (Å²) in [5.41, 5.74) is 2.24. The molecule has 0 bridgehead atoms. The molecule has 0 saturated carbocycles. The third-order valence-corrected chi connectivity index (χ3v) is 3.28. The van der Waals surface area contributed by atoms with Crippen LogP contribution in [0.1, 0.15) is 30.9 Å². The number of ketones is 1. The lowest BCUT2D eigenvalue weighted by molar-refractivity contribution is -0.114. The zero-order valence-electron chi connectivity index (χ0n) is 12.9. The Hall–Kier alpha value is -2.20. The van der Waals surface area contributed by atoms with E-state index >= 15 is 0 Å². The van der Waals surface area contributed by atoms with Crippen molar-refractivity contribution in [2.45, 2.75) is 26.3 Å². The van der Waals surface area contributed by atoms with Gasteiger partial charge in [-0.25, -0.2) is 4.98 Å². The van der Waals surface area contributed by atoms with Crippen molar-refractivity contribution in [1.82, 2.24) is 9.55 Å². The minimum absolute atomic E-state index is 0.141. The Bertz CT molecular complexity index is 586. The van der Waals surface area contributed by atoms with E-state index in [4.69, 9.17) is 4.74 Å². The number of hydrogen-bond acceptors (Lipinski definition) is 3. The van der Waals surface area contributed by atoms with Crippen LogP contribution in [0.5, 0.6) is 0 Å². The van der Waals surface area contributed by atoms with Crippen molar-refractivity contribution in [3.63, 3.8) is 0 Å². The zero-order valence-corrected chi connectivity index (χ0v) is 12.9. The van der Waals surface area contributed by atoms with Crippen molar-refractivity contribution in [2.75, 3.05) is 13.2 Å². The minimum Gasteiger partial charge on any atom is -0.382 e. The van der Waals surface area contributed by atoms with Crippen LogP contribution < -0.4 is 0 Å². The molecule has 116 valence electrons. The maximum absolute atomic E-state index is 11.7. The summed E-state index contributed by atoms with van der Waals surface area (Å²) < 4.78 is 7.24. The number of carbonyl (C=O) groups is 1. The SMILES string of the molecule is CCOCCCC(=O)C=Cc1ccc(Cn2ccnc2)cc1. The van der Waals surface area contributed by atoms with Crippen molar-refractivity contribution >= 4 is 11.9 Å². The first-order valence-corrected chi connectivity index (χ1v) is 7.61. The number of allylic oxidation sites excluding steroid dienone is 1.